The van der Waals surface area contributed by atoms with Gasteiger partial charge in [-0.25, -0.2) is 0 Å². The third-order valence-corrected chi connectivity index (χ3v) is 7.46. The number of rotatable bonds is 9. The Hall–Kier alpha value is -3.51. The van der Waals surface area contributed by atoms with Crippen molar-refractivity contribution < 1.29 is 68.6 Å². The Morgan fingerprint density at radius 2 is 1.74 bits per heavy atom. The molecule has 3 aromatic rings. The zero-order chi connectivity index (χ0) is 31.1. The first-order valence-electron chi connectivity index (χ1n) is 13.1. The lowest BCUT2D eigenvalue weighted by molar-refractivity contribution is -0.289. The second-order valence-electron chi connectivity index (χ2n) is 10.2. The van der Waals surface area contributed by atoms with E-state index in [0.29, 0.717) is 11.3 Å². The molecule has 2 fully saturated rings. The molecule has 2 saturated heterocycles. The summed E-state index contributed by atoms with van der Waals surface area (Å²) in [6, 6.07) is 7.13. The average molecular weight is 609 g/mol. The summed E-state index contributed by atoms with van der Waals surface area (Å²) in [5.41, 5.74) is -1.87. The number of phenolic OH excluding ortho intramolecular Hbond substituents is 1. The highest BCUT2D eigenvalue weighted by atomic mass is 16.7. The molecular weight excluding hydrogens is 576 g/mol. The van der Waals surface area contributed by atoms with Crippen molar-refractivity contribution in [2.75, 3.05) is 34.0 Å². The van der Waals surface area contributed by atoms with E-state index in [9.17, 15) is 40.5 Å². The largest absolute Gasteiger partial charge is 0.507 e. The highest BCUT2D eigenvalue weighted by molar-refractivity contribution is 5.88. The van der Waals surface area contributed by atoms with Crippen LogP contribution in [0.3, 0.4) is 0 Å². The van der Waals surface area contributed by atoms with Gasteiger partial charge >= 0.3 is 0 Å². The number of aliphatic hydroxyl groups excluding tert-OH is 5. The smallest absolute Gasteiger partial charge is 0.229 e. The van der Waals surface area contributed by atoms with Gasteiger partial charge in [0, 0.05) is 12.1 Å². The molecular formula is C28H32O15. The Balaban J connectivity index is 1.34. The molecule has 5 rings (SSSR count). The average Bonchev–Trinajstić information content (AvgIpc) is 3.30. The van der Waals surface area contributed by atoms with E-state index >= 15 is 0 Å². The minimum atomic E-state index is -1.93. The van der Waals surface area contributed by atoms with Crippen LogP contribution in [0.2, 0.25) is 0 Å². The molecule has 0 saturated carbocycles. The summed E-state index contributed by atoms with van der Waals surface area (Å²) in [5.74, 6) is 0.128. The molecule has 2 aromatic carbocycles. The number of hydrogen-bond donors (Lipinski definition) is 7. The molecule has 15 heteroatoms. The number of aromatic hydroxyl groups is 1. The maximum absolute atomic E-state index is 13.2. The van der Waals surface area contributed by atoms with Gasteiger partial charge in [0.05, 0.1) is 39.6 Å². The van der Waals surface area contributed by atoms with Crippen LogP contribution in [0.15, 0.2) is 45.8 Å². The molecule has 7 N–H and O–H groups in total. The van der Waals surface area contributed by atoms with E-state index in [2.05, 4.69) is 0 Å². The van der Waals surface area contributed by atoms with Crippen molar-refractivity contribution in [3.8, 4) is 34.1 Å². The predicted molar refractivity (Wildman–Crippen MR) is 144 cm³/mol. The Bertz CT molecular complexity index is 1510. The molecule has 0 bridgehead atoms. The molecule has 0 amide bonds. The molecule has 1 aromatic heterocycles. The zero-order valence-electron chi connectivity index (χ0n) is 23.0. The molecule has 3 heterocycles. The van der Waals surface area contributed by atoms with Crippen molar-refractivity contribution in [3.05, 3.63) is 46.8 Å². The van der Waals surface area contributed by atoms with Crippen LogP contribution < -0.4 is 19.6 Å². The standard InChI is InChI=1S/C28H32O15/c1-37-13-6-15(30)20-18(7-13)39-8-14(21(20)31)12-3-4-16(17(5-12)38-2)42-26-24(34)23(33)22(32)19(43-26)9-40-27-25(35)28(36,10-29)11-41-27/h3-8,19,22-27,29-30,32-36H,9-11H2,1-2H3/t19-,22-,23+,24-,25-,26-,27+,28-/m0/s1. The molecule has 234 valence electrons. The maximum Gasteiger partial charge on any atom is 0.229 e. The summed E-state index contributed by atoms with van der Waals surface area (Å²) in [7, 11) is 2.74. The van der Waals surface area contributed by atoms with Gasteiger partial charge in [0.15, 0.2) is 17.8 Å². The Labute approximate surface area is 243 Å². The fourth-order valence-electron chi connectivity index (χ4n) is 4.86. The minimum Gasteiger partial charge on any atom is -0.507 e. The quantitative estimate of drug-likeness (QED) is 0.152. The topological polar surface area (TPSA) is 227 Å². The van der Waals surface area contributed by atoms with Gasteiger partial charge in [-0.3, -0.25) is 4.79 Å². The summed E-state index contributed by atoms with van der Waals surface area (Å²) in [6.45, 7) is -1.63. The van der Waals surface area contributed by atoms with E-state index in [1.54, 1.807) is 0 Å². The van der Waals surface area contributed by atoms with E-state index in [1.807, 2.05) is 0 Å². The molecule has 0 aliphatic carbocycles. The van der Waals surface area contributed by atoms with Gasteiger partial charge in [-0.05, 0) is 17.7 Å². The maximum atomic E-state index is 13.2. The normalized spacial score (nSPS) is 30.8. The highest BCUT2D eigenvalue weighted by Gasteiger charge is 2.50. The minimum absolute atomic E-state index is 0.0406. The third kappa shape index (κ3) is 5.74. The van der Waals surface area contributed by atoms with Gasteiger partial charge in [0.2, 0.25) is 11.7 Å². The van der Waals surface area contributed by atoms with Crippen LogP contribution in [0, 0.1) is 0 Å². The summed E-state index contributed by atoms with van der Waals surface area (Å²) >= 11 is 0. The number of benzene rings is 2. The lowest BCUT2D eigenvalue weighted by Crippen LogP contribution is -2.60. The SMILES string of the molecule is COc1cc(O)c2c(=O)c(-c3ccc(O[C@H]4O[C@@H](CO[C@@H]5OC[C@@](O)(CO)[C@H]5O)[C@H](O)[C@@H](O)[C@@H]4O)c(OC)c3)coc2c1. The first kappa shape index (κ1) is 30.9. The predicted octanol–water partition coefficient (Wildman–Crippen LogP) is -1.17. The summed E-state index contributed by atoms with van der Waals surface area (Å²) in [6.07, 6.45) is -9.61. The number of fused-ring (bicyclic) bond motifs is 1. The van der Waals surface area contributed by atoms with Crippen LogP contribution >= 0.6 is 0 Å². The fourth-order valence-corrected chi connectivity index (χ4v) is 4.86. The summed E-state index contributed by atoms with van der Waals surface area (Å²) in [4.78, 5) is 13.2. The van der Waals surface area contributed by atoms with Gasteiger partial charge in [-0.15, -0.1) is 0 Å². The second-order valence-corrected chi connectivity index (χ2v) is 10.2. The first-order chi connectivity index (χ1) is 20.5. The van der Waals surface area contributed by atoms with Crippen LogP contribution in [-0.4, -0.2) is 118 Å². The van der Waals surface area contributed by atoms with E-state index in [1.165, 1.54) is 50.8 Å². The molecule has 8 atom stereocenters. The van der Waals surface area contributed by atoms with Crippen LogP contribution in [0.1, 0.15) is 0 Å². The van der Waals surface area contributed by atoms with Gasteiger partial charge in [-0.2, -0.15) is 0 Å². The molecule has 15 nitrogen and oxygen atoms in total. The molecule has 43 heavy (non-hydrogen) atoms. The van der Waals surface area contributed by atoms with Crippen molar-refractivity contribution in [1.29, 1.82) is 0 Å². The Morgan fingerprint density at radius 1 is 0.977 bits per heavy atom. The molecule has 0 radical (unpaired) electrons. The number of methoxy groups -OCH3 is 2. The van der Waals surface area contributed by atoms with Crippen molar-refractivity contribution in [2.24, 2.45) is 0 Å². The van der Waals surface area contributed by atoms with Gasteiger partial charge in [0.25, 0.3) is 0 Å². The van der Waals surface area contributed by atoms with Gasteiger partial charge in [-0.1, -0.05) is 6.07 Å². The molecule has 0 unspecified atom stereocenters. The van der Waals surface area contributed by atoms with E-state index < -0.39 is 74.0 Å². The molecule has 2 aliphatic rings. The van der Waals surface area contributed by atoms with E-state index in [4.69, 9.17) is 32.8 Å². The first-order valence-corrected chi connectivity index (χ1v) is 13.1. The van der Waals surface area contributed by atoms with Crippen molar-refractivity contribution >= 4 is 11.0 Å². The monoisotopic (exact) mass is 608 g/mol. The Kier molecular flexibility index (Phi) is 8.80. The zero-order valence-corrected chi connectivity index (χ0v) is 23.0. The number of aliphatic hydroxyl groups is 6. The van der Waals surface area contributed by atoms with Crippen LogP contribution in [0.4, 0.5) is 0 Å². The lowest BCUT2D eigenvalue weighted by Gasteiger charge is -2.40. The summed E-state index contributed by atoms with van der Waals surface area (Å²) < 4.78 is 38.1. The number of phenols is 1. The summed E-state index contributed by atoms with van der Waals surface area (Å²) in [5, 5.41) is 71.4. The van der Waals surface area contributed by atoms with Crippen LogP contribution in [-0.2, 0) is 14.2 Å². The van der Waals surface area contributed by atoms with Crippen LogP contribution in [0.5, 0.6) is 23.0 Å². The second kappa shape index (κ2) is 12.2. The third-order valence-electron chi connectivity index (χ3n) is 7.46. The number of hydrogen-bond acceptors (Lipinski definition) is 15. The highest BCUT2D eigenvalue weighted by Crippen LogP contribution is 2.36. The fraction of sp³-hybridized carbons (Fsp3) is 0.464. The van der Waals surface area contributed by atoms with E-state index in [-0.39, 0.29) is 33.8 Å². The van der Waals surface area contributed by atoms with Crippen molar-refractivity contribution in [3.63, 3.8) is 0 Å². The van der Waals surface area contributed by atoms with Gasteiger partial charge < -0.3 is 68.6 Å². The molecule has 2 aliphatic heterocycles. The Morgan fingerprint density at radius 3 is 2.42 bits per heavy atom. The van der Waals surface area contributed by atoms with Crippen LogP contribution in [0.25, 0.3) is 22.1 Å². The van der Waals surface area contributed by atoms with Crippen molar-refractivity contribution in [1.82, 2.24) is 0 Å². The van der Waals surface area contributed by atoms with E-state index in [0.717, 1.165) is 0 Å². The van der Waals surface area contributed by atoms with Crippen molar-refractivity contribution in [2.45, 2.75) is 48.7 Å². The lowest BCUT2D eigenvalue weighted by atomic mass is 9.99. The van der Waals surface area contributed by atoms with Gasteiger partial charge in [0.1, 0.15) is 64.9 Å². The number of ether oxygens (including phenoxy) is 6. The molecule has 0 spiro atoms.